The number of likely N-dealkylation sites (tertiary alicyclic amines) is 1. The van der Waals surface area contributed by atoms with Crippen LogP contribution in [0.3, 0.4) is 0 Å². The molecule has 0 aliphatic carbocycles. The quantitative estimate of drug-likeness (QED) is 0.498. The van der Waals surface area contributed by atoms with E-state index in [0.29, 0.717) is 10.9 Å². The van der Waals surface area contributed by atoms with Crippen LogP contribution in [0.25, 0.3) is 0 Å². The molecule has 1 aliphatic rings. The highest BCUT2D eigenvalue weighted by atomic mass is 16.4. The molecule has 1 unspecified atom stereocenters. The minimum atomic E-state index is -0.903. The summed E-state index contributed by atoms with van der Waals surface area (Å²) in [5, 5.41) is 18.0. The molecular weight excluding hydrogens is 146 g/mol. The number of aliphatic hydroxyl groups excluding tert-OH is 1. The first-order chi connectivity index (χ1) is 4.95. The highest BCUT2D eigenvalue weighted by Gasteiger charge is 2.46. The summed E-state index contributed by atoms with van der Waals surface area (Å²) in [4.78, 5) is 10.7. The number of hydrogen-bond acceptors (Lipinski definition) is 2. The Hall–Kier alpha value is -0.610. The Morgan fingerprint density at radius 1 is 1.55 bits per heavy atom. The van der Waals surface area contributed by atoms with E-state index in [1.54, 1.807) is 0 Å². The van der Waals surface area contributed by atoms with Crippen molar-refractivity contribution in [1.82, 2.24) is 0 Å². The number of aliphatic carboxylic acids is 1. The van der Waals surface area contributed by atoms with Gasteiger partial charge in [-0.15, -0.1) is 0 Å². The summed E-state index contributed by atoms with van der Waals surface area (Å²) < 4.78 is 0.385. The summed E-state index contributed by atoms with van der Waals surface area (Å²) >= 11 is 0. The number of carboxylic acids is 1. The number of rotatable bonds is 1. The van der Waals surface area contributed by atoms with Crippen LogP contribution in [0.15, 0.2) is 0 Å². The molecule has 2 N–H and O–H groups in total. The number of aliphatic hydroxyl groups is 1. The molecule has 1 fully saturated rings. The summed E-state index contributed by atoms with van der Waals surface area (Å²) in [5.74, 6) is -0.903. The molecule has 0 radical (unpaired) electrons. The van der Waals surface area contributed by atoms with Gasteiger partial charge in [-0.1, -0.05) is 0 Å². The molecule has 0 saturated carbocycles. The van der Waals surface area contributed by atoms with Crippen LogP contribution in [0.2, 0.25) is 0 Å². The van der Waals surface area contributed by atoms with Crippen molar-refractivity contribution in [3.8, 4) is 0 Å². The molecule has 4 heteroatoms. The van der Waals surface area contributed by atoms with E-state index in [1.165, 1.54) is 0 Å². The summed E-state index contributed by atoms with van der Waals surface area (Å²) in [6.45, 7) is 0.734. The summed E-state index contributed by atoms with van der Waals surface area (Å²) in [5.41, 5.74) is 0. The molecule has 11 heavy (non-hydrogen) atoms. The lowest BCUT2D eigenvalue weighted by atomic mass is 10.1. The number of quaternary nitrogens is 1. The van der Waals surface area contributed by atoms with E-state index in [1.807, 2.05) is 14.1 Å². The van der Waals surface area contributed by atoms with Crippen molar-refractivity contribution in [2.24, 2.45) is 0 Å². The van der Waals surface area contributed by atoms with E-state index in [2.05, 4.69) is 0 Å². The minimum absolute atomic E-state index is 0.385. The lowest BCUT2D eigenvalue weighted by molar-refractivity contribution is -0.895. The molecule has 0 aromatic heterocycles. The van der Waals surface area contributed by atoms with Crippen LogP contribution >= 0.6 is 0 Å². The van der Waals surface area contributed by atoms with Gasteiger partial charge in [-0.05, 0) is 0 Å². The van der Waals surface area contributed by atoms with Crippen molar-refractivity contribution >= 4 is 5.97 Å². The Bertz CT molecular complexity index is 179. The summed E-state index contributed by atoms with van der Waals surface area (Å²) in [6, 6.07) is -0.644. The normalized spacial score (nSPS) is 35.5. The highest BCUT2D eigenvalue weighted by Crippen LogP contribution is 2.22. The number of nitrogens with zero attached hydrogens (tertiary/aromatic N) is 1. The van der Waals surface area contributed by atoms with Crippen LogP contribution in [-0.2, 0) is 4.79 Å². The Kier molecular flexibility index (Phi) is 1.90. The third-order valence-corrected chi connectivity index (χ3v) is 2.37. The van der Waals surface area contributed by atoms with Gasteiger partial charge in [-0.25, -0.2) is 4.79 Å². The van der Waals surface area contributed by atoms with E-state index in [0.717, 1.165) is 6.54 Å². The van der Waals surface area contributed by atoms with E-state index < -0.39 is 18.1 Å². The van der Waals surface area contributed by atoms with E-state index in [-0.39, 0.29) is 0 Å². The molecule has 2 atom stereocenters. The number of likely N-dealkylation sites (N-methyl/N-ethyl adjacent to an activating group) is 1. The fourth-order valence-corrected chi connectivity index (χ4v) is 1.69. The summed E-state index contributed by atoms with van der Waals surface area (Å²) in [6.07, 6.45) is -0.0910. The van der Waals surface area contributed by atoms with Gasteiger partial charge in [0, 0.05) is 6.42 Å². The molecule has 64 valence electrons. The van der Waals surface area contributed by atoms with Crippen molar-refractivity contribution in [3.63, 3.8) is 0 Å². The summed E-state index contributed by atoms with van der Waals surface area (Å²) in [7, 11) is 3.66. The SMILES string of the molecule is C[N+]1(C)CC[C@H](O)C1C(=O)O. The van der Waals surface area contributed by atoms with E-state index in [4.69, 9.17) is 5.11 Å². The zero-order chi connectivity index (χ0) is 8.65. The molecule has 1 saturated heterocycles. The second-order valence-corrected chi connectivity index (χ2v) is 3.64. The van der Waals surface area contributed by atoms with Crippen LogP contribution in [-0.4, -0.2) is 53.5 Å². The molecule has 0 amide bonds. The lowest BCUT2D eigenvalue weighted by Crippen LogP contribution is -2.51. The van der Waals surface area contributed by atoms with Crippen LogP contribution in [0.5, 0.6) is 0 Å². The molecule has 0 bridgehead atoms. The minimum Gasteiger partial charge on any atom is -0.477 e. The van der Waals surface area contributed by atoms with E-state index >= 15 is 0 Å². The average molecular weight is 160 g/mol. The Morgan fingerprint density at radius 2 is 2.09 bits per heavy atom. The fraction of sp³-hybridized carbons (Fsp3) is 0.857. The van der Waals surface area contributed by atoms with E-state index in [9.17, 15) is 9.90 Å². The van der Waals surface area contributed by atoms with Crippen molar-refractivity contribution in [2.75, 3.05) is 20.6 Å². The van der Waals surface area contributed by atoms with Crippen LogP contribution in [0.1, 0.15) is 6.42 Å². The van der Waals surface area contributed by atoms with Crippen molar-refractivity contribution in [2.45, 2.75) is 18.6 Å². The smallest absolute Gasteiger partial charge is 0.365 e. The van der Waals surface area contributed by atoms with Crippen LogP contribution in [0, 0.1) is 0 Å². The number of hydrogen-bond donors (Lipinski definition) is 2. The molecule has 1 heterocycles. The van der Waals surface area contributed by atoms with Gasteiger partial charge < -0.3 is 14.7 Å². The molecule has 0 aromatic carbocycles. The van der Waals surface area contributed by atoms with Crippen molar-refractivity contribution in [1.29, 1.82) is 0 Å². The monoisotopic (exact) mass is 160 g/mol. The molecule has 1 aliphatic heterocycles. The van der Waals surface area contributed by atoms with Gasteiger partial charge in [-0.3, -0.25) is 0 Å². The molecule has 4 nitrogen and oxygen atoms in total. The number of carbonyl (C=O) groups is 1. The molecular formula is C7H14NO3+. The van der Waals surface area contributed by atoms with Crippen molar-refractivity contribution in [3.05, 3.63) is 0 Å². The standard InChI is InChI=1S/C7H13NO3/c1-8(2)4-3-5(9)6(8)7(10)11/h5-6,9H,3-4H2,1-2H3/p+1/t5-,6?/m0/s1. The largest absolute Gasteiger partial charge is 0.477 e. The van der Waals surface area contributed by atoms with Gasteiger partial charge >= 0.3 is 5.97 Å². The maximum atomic E-state index is 10.7. The topological polar surface area (TPSA) is 57.5 Å². The predicted octanol–water partition coefficient (Wildman–Crippen LogP) is -0.719. The van der Waals surface area contributed by atoms with Gasteiger partial charge in [0.25, 0.3) is 0 Å². The third-order valence-electron chi connectivity index (χ3n) is 2.37. The zero-order valence-corrected chi connectivity index (χ0v) is 6.82. The van der Waals surface area contributed by atoms with Gasteiger partial charge in [0.05, 0.1) is 20.6 Å². The zero-order valence-electron chi connectivity index (χ0n) is 6.82. The second kappa shape index (κ2) is 2.46. The fourth-order valence-electron chi connectivity index (χ4n) is 1.69. The first-order valence-corrected chi connectivity index (χ1v) is 3.69. The first-order valence-electron chi connectivity index (χ1n) is 3.69. The Labute approximate surface area is 65.6 Å². The van der Waals surface area contributed by atoms with Crippen molar-refractivity contribution < 1.29 is 19.5 Å². The Morgan fingerprint density at radius 3 is 2.27 bits per heavy atom. The molecule has 0 aromatic rings. The van der Waals surface area contributed by atoms with Gasteiger partial charge in [-0.2, -0.15) is 0 Å². The molecule has 1 rings (SSSR count). The van der Waals surface area contributed by atoms with Gasteiger partial charge in [0.1, 0.15) is 6.10 Å². The third kappa shape index (κ3) is 1.36. The van der Waals surface area contributed by atoms with Gasteiger partial charge in [0.15, 0.2) is 0 Å². The first kappa shape index (κ1) is 8.49. The number of carboxylic acid groups (broad SMARTS) is 1. The maximum absolute atomic E-state index is 10.7. The highest BCUT2D eigenvalue weighted by molar-refractivity contribution is 5.73. The van der Waals surface area contributed by atoms with Crippen LogP contribution < -0.4 is 0 Å². The second-order valence-electron chi connectivity index (χ2n) is 3.64. The predicted molar refractivity (Wildman–Crippen MR) is 39.0 cm³/mol. The average Bonchev–Trinajstić information content (AvgIpc) is 2.06. The Balaban J connectivity index is 2.80. The van der Waals surface area contributed by atoms with Crippen LogP contribution in [0.4, 0.5) is 0 Å². The lowest BCUT2D eigenvalue weighted by Gasteiger charge is -2.29. The maximum Gasteiger partial charge on any atom is 0.365 e. The molecule has 0 spiro atoms. The van der Waals surface area contributed by atoms with Gasteiger partial charge in [0.2, 0.25) is 6.04 Å².